The lowest BCUT2D eigenvalue weighted by Gasteiger charge is -2.31. The van der Waals surface area contributed by atoms with Crippen molar-refractivity contribution in [3.8, 4) is 0 Å². The summed E-state index contributed by atoms with van der Waals surface area (Å²) in [4.78, 5) is 39.0. The Morgan fingerprint density at radius 1 is 1.00 bits per heavy atom. The number of carboxylic acid groups (broad SMARTS) is 1. The maximum atomic E-state index is 13.2. The number of amides is 1. The maximum Gasteiger partial charge on any atom is 0.325 e. The van der Waals surface area contributed by atoms with Crippen LogP contribution < -0.4 is 5.32 Å². The molecule has 0 radical (unpaired) electrons. The zero-order chi connectivity index (χ0) is 23.5. The molecule has 0 spiro atoms. The molecule has 7 heteroatoms. The van der Waals surface area contributed by atoms with Crippen molar-refractivity contribution < 1.29 is 24.2 Å². The van der Waals surface area contributed by atoms with Crippen molar-refractivity contribution in [3.63, 3.8) is 0 Å². The second-order valence-electron chi connectivity index (χ2n) is 8.39. The average molecular weight is 453 g/mol. The molecule has 1 heterocycles. The number of carbonyl (C=O) groups is 3. The molecular formula is C26H32N2O5. The van der Waals surface area contributed by atoms with Crippen molar-refractivity contribution in [2.45, 2.75) is 57.2 Å². The lowest BCUT2D eigenvalue weighted by molar-refractivity contribution is -0.151. The van der Waals surface area contributed by atoms with Gasteiger partial charge < -0.3 is 14.7 Å². The molecule has 0 saturated carbocycles. The highest BCUT2D eigenvalue weighted by Crippen LogP contribution is 2.15. The molecule has 1 unspecified atom stereocenters. The van der Waals surface area contributed by atoms with E-state index in [1.54, 1.807) is 0 Å². The van der Waals surface area contributed by atoms with E-state index < -0.39 is 24.0 Å². The van der Waals surface area contributed by atoms with Crippen molar-refractivity contribution in [3.05, 3.63) is 71.8 Å². The van der Waals surface area contributed by atoms with Gasteiger partial charge in [0.15, 0.2) is 0 Å². The summed E-state index contributed by atoms with van der Waals surface area (Å²) in [6.07, 6.45) is 4.08. The third-order valence-electron chi connectivity index (χ3n) is 5.86. The minimum Gasteiger partial charge on any atom is -0.480 e. The molecule has 1 saturated heterocycles. The van der Waals surface area contributed by atoms with Crippen LogP contribution in [0.15, 0.2) is 60.7 Å². The fourth-order valence-electron chi connectivity index (χ4n) is 4.01. The summed E-state index contributed by atoms with van der Waals surface area (Å²) in [5.41, 5.74) is 1.93. The predicted octanol–water partition coefficient (Wildman–Crippen LogP) is 3.18. The summed E-state index contributed by atoms with van der Waals surface area (Å²) in [5.74, 6) is -1.68. The van der Waals surface area contributed by atoms with Crippen LogP contribution in [-0.4, -0.2) is 53.0 Å². The van der Waals surface area contributed by atoms with E-state index in [-0.39, 0.29) is 19.1 Å². The van der Waals surface area contributed by atoms with Gasteiger partial charge >= 0.3 is 11.9 Å². The third kappa shape index (κ3) is 8.02. The lowest BCUT2D eigenvalue weighted by atomic mass is 10.00. The minimum absolute atomic E-state index is 0.133. The SMILES string of the molecule is O=C(CN1CCCCCC(N[C@@H](CCc2ccccc2)C(=O)O)C1=O)OCc1ccccc1. The van der Waals surface area contributed by atoms with Crippen molar-refractivity contribution in [1.29, 1.82) is 0 Å². The Bertz CT molecular complexity index is 903. The molecule has 2 aromatic rings. The first-order chi connectivity index (χ1) is 16.0. The van der Waals surface area contributed by atoms with Crippen LogP contribution in [0.25, 0.3) is 0 Å². The zero-order valence-corrected chi connectivity index (χ0v) is 18.8. The summed E-state index contributed by atoms with van der Waals surface area (Å²) in [6.45, 7) is 0.481. The van der Waals surface area contributed by atoms with Gasteiger partial charge in [-0.1, -0.05) is 73.5 Å². The van der Waals surface area contributed by atoms with Gasteiger partial charge in [0.05, 0.1) is 6.04 Å². The molecule has 1 aliphatic heterocycles. The van der Waals surface area contributed by atoms with Gasteiger partial charge in [-0.3, -0.25) is 19.7 Å². The van der Waals surface area contributed by atoms with E-state index in [1.807, 2.05) is 60.7 Å². The Morgan fingerprint density at radius 2 is 1.67 bits per heavy atom. The van der Waals surface area contributed by atoms with E-state index in [0.717, 1.165) is 30.4 Å². The van der Waals surface area contributed by atoms with E-state index in [9.17, 15) is 19.5 Å². The smallest absolute Gasteiger partial charge is 0.325 e. The number of aliphatic carboxylic acids is 1. The van der Waals surface area contributed by atoms with Gasteiger partial charge in [0.25, 0.3) is 0 Å². The Morgan fingerprint density at radius 3 is 2.33 bits per heavy atom. The fraction of sp³-hybridized carbons (Fsp3) is 0.423. The van der Waals surface area contributed by atoms with E-state index in [1.165, 1.54) is 4.90 Å². The van der Waals surface area contributed by atoms with Crippen LogP contribution >= 0.6 is 0 Å². The first-order valence-corrected chi connectivity index (χ1v) is 11.5. The summed E-state index contributed by atoms with van der Waals surface area (Å²) >= 11 is 0. The Labute approximate surface area is 194 Å². The minimum atomic E-state index is -0.977. The van der Waals surface area contributed by atoms with Crippen LogP contribution in [0, 0.1) is 0 Å². The summed E-state index contributed by atoms with van der Waals surface area (Å²) in [6, 6.07) is 17.6. The van der Waals surface area contributed by atoms with E-state index >= 15 is 0 Å². The molecule has 33 heavy (non-hydrogen) atoms. The summed E-state index contributed by atoms with van der Waals surface area (Å²) in [5, 5.41) is 12.8. The summed E-state index contributed by atoms with van der Waals surface area (Å²) in [7, 11) is 0. The highest BCUT2D eigenvalue weighted by molar-refractivity contribution is 5.86. The van der Waals surface area contributed by atoms with Crippen LogP contribution in [0.2, 0.25) is 0 Å². The van der Waals surface area contributed by atoms with Gasteiger partial charge in [0.2, 0.25) is 5.91 Å². The lowest BCUT2D eigenvalue weighted by Crippen LogP contribution is -2.54. The number of hydrogen-bond acceptors (Lipinski definition) is 5. The van der Waals surface area contributed by atoms with Crippen LogP contribution in [-0.2, 0) is 32.1 Å². The fourth-order valence-corrected chi connectivity index (χ4v) is 4.01. The third-order valence-corrected chi connectivity index (χ3v) is 5.86. The van der Waals surface area contributed by atoms with Crippen LogP contribution in [0.5, 0.6) is 0 Å². The molecule has 0 bridgehead atoms. The molecule has 176 valence electrons. The van der Waals surface area contributed by atoms with E-state index in [4.69, 9.17) is 4.74 Å². The Balaban J connectivity index is 1.58. The second kappa shape index (κ2) is 12.7. The monoisotopic (exact) mass is 452 g/mol. The molecule has 2 aromatic carbocycles. The van der Waals surface area contributed by atoms with Crippen LogP contribution in [0.3, 0.4) is 0 Å². The van der Waals surface area contributed by atoms with Gasteiger partial charge in [-0.15, -0.1) is 0 Å². The number of benzene rings is 2. The number of hydrogen-bond donors (Lipinski definition) is 2. The van der Waals surface area contributed by atoms with Gasteiger partial charge in [-0.05, 0) is 36.8 Å². The average Bonchev–Trinajstić information content (AvgIpc) is 2.82. The molecule has 1 fully saturated rings. The van der Waals surface area contributed by atoms with Crippen LogP contribution in [0.4, 0.5) is 0 Å². The number of nitrogens with zero attached hydrogens (tertiary/aromatic N) is 1. The normalized spacial score (nSPS) is 17.6. The standard InChI is InChI=1S/C26H32N2O5/c29-24(33-19-21-12-6-2-7-13-21)18-28-17-9-3-8-14-22(25(28)30)27-23(26(31)32)16-15-20-10-4-1-5-11-20/h1-2,4-7,10-13,22-23,27H,3,8-9,14-19H2,(H,31,32)/t22?,23-/m0/s1. The van der Waals surface area contributed by atoms with Crippen molar-refractivity contribution in [1.82, 2.24) is 10.2 Å². The highest BCUT2D eigenvalue weighted by atomic mass is 16.5. The predicted molar refractivity (Wildman–Crippen MR) is 124 cm³/mol. The maximum absolute atomic E-state index is 13.2. The molecule has 1 aliphatic rings. The quantitative estimate of drug-likeness (QED) is 0.538. The molecule has 2 atom stereocenters. The number of aryl methyl sites for hydroxylation is 1. The molecule has 3 rings (SSSR count). The number of likely N-dealkylation sites (tertiary alicyclic amines) is 1. The number of carboxylic acids is 1. The number of esters is 1. The first-order valence-electron chi connectivity index (χ1n) is 11.5. The topological polar surface area (TPSA) is 95.9 Å². The van der Waals surface area contributed by atoms with Gasteiger partial charge in [-0.2, -0.15) is 0 Å². The first kappa shape index (κ1) is 24.5. The Hall–Kier alpha value is -3.19. The largest absolute Gasteiger partial charge is 0.480 e. The van der Waals surface area contributed by atoms with E-state index in [2.05, 4.69) is 5.32 Å². The van der Waals surface area contributed by atoms with Crippen molar-refractivity contribution >= 4 is 17.8 Å². The molecular weight excluding hydrogens is 420 g/mol. The number of rotatable bonds is 10. The molecule has 2 N–H and O–H groups in total. The number of carbonyl (C=O) groups excluding carboxylic acids is 2. The Kier molecular flexibility index (Phi) is 9.44. The van der Waals surface area contributed by atoms with Gasteiger partial charge in [-0.25, -0.2) is 0 Å². The molecule has 0 aliphatic carbocycles. The highest BCUT2D eigenvalue weighted by Gasteiger charge is 2.31. The van der Waals surface area contributed by atoms with Crippen LogP contribution in [0.1, 0.15) is 43.2 Å². The number of ether oxygens (including phenoxy) is 1. The van der Waals surface area contributed by atoms with Gasteiger partial charge in [0.1, 0.15) is 19.2 Å². The van der Waals surface area contributed by atoms with Gasteiger partial charge in [0, 0.05) is 6.54 Å². The van der Waals surface area contributed by atoms with Crippen molar-refractivity contribution in [2.75, 3.05) is 13.1 Å². The summed E-state index contributed by atoms with van der Waals surface area (Å²) < 4.78 is 5.35. The molecule has 1 amide bonds. The van der Waals surface area contributed by atoms with E-state index in [0.29, 0.717) is 25.8 Å². The van der Waals surface area contributed by atoms with Crippen molar-refractivity contribution in [2.24, 2.45) is 0 Å². The molecule has 0 aromatic heterocycles. The molecule has 7 nitrogen and oxygen atoms in total. The zero-order valence-electron chi connectivity index (χ0n) is 18.8. The second-order valence-corrected chi connectivity index (χ2v) is 8.39. The number of nitrogens with one attached hydrogen (secondary N) is 1.